The van der Waals surface area contributed by atoms with Gasteiger partial charge in [-0.05, 0) is 40.2 Å². The van der Waals surface area contributed by atoms with E-state index in [9.17, 15) is 4.79 Å². The molecule has 2 aromatic rings. The molecule has 7 nitrogen and oxygen atoms in total. The van der Waals surface area contributed by atoms with E-state index in [2.05, 4.69) is 27.3 Å². The van der Waals surface area contributed by atoms with E-state index in [-0.39, 0.29) is 30.8 Å². The number of halogens is 1. The van der Waals surface area contributed by atoms with Crippen molar-refractivity contribution in [2.45, 2.75) is 66.3 Å². The van der Waals surface area contributed by atoms with Crippen LogP contribution in [0.3, 0.4) is 0 Å². The molecule has 0 bridgehead atoms. The Morgan fingerprint density at radius 2 is 1.85 bits per heavy atom. The van der Waals surface area contributed by atoms with E-state index in [0.29, 0.717) is 12.5 Å². The predicted octanol–water partition coefficient (Wildman–Crippen LogP) is 2.49. The van der Waals surface area contributed by atoms with Crippen molar-refractivity contribution < 1.29 is 4.79 Å². The van der Waals surface area contributed by atoms with Gasteiger partial charge in [-0.1, -0.05) is 19.8 Å². The van der Waals surface area contributed by atoms with Crippen LogP contribution in [0.25, 0.3) is 5.95 Å². The molecule has 0 aliphatic carbocycles. The number of aryl methyl sites for hydroxylation is 3. The Bertz CT molecular complexity index is 754. The van der Waals surface area contributed by atoms with E-state index >= 15 is 0 Å². The second-order valence-corrected chi connectivity index (χ2v) is 6.83. The topological polar surface area (TPSA) is 98.7 Å². The van der Waals surface area contributed by atoms with Crippen LogP contribution >= 0.6 is 12.4 Å². The maximum absolute atomic E-state index is 12.5. The summed E-state index contributed by atoms with van der Waals surface area (Å²) >= 11 is 0. The number of rotatable bonds is 8. The van der Waals surface area contributed by atoms with Crippen LogP contribution in [0.1, 0.15) is 54.5 Å². The zero-order chi connectivity index (χ0) is 19.3. The molecule has 2 aromatic heterocycles. The van der Waals surface area contributed by atoms with Crippen molar-refractivity contribution in [1.82, 2.24) is 25.1 Å². The van der Waals surface area contributed by atoms with E-state index < -0.39 is 0 Å². The first-order chi connectivity index (χ1) is 12.3. The molecule has 0 radical (unpaired) electrons. The number of carbonyl (C=O) groups excluding carboxylic acids is 1. The van der Waals surface area contributed by atoms with Crippen molar-refractivity contribution in [2.24, 2.45) is 5.73 Å². The van der Waals surface area contributed by atoms with Crippen LogP contribution in [0.4, 0.5) is 0 Å². The van der Waals surface area contributed by atoms with Crippen LogP contribution in [-0.2, 0) is 11.2 Å². The lowest BCUT2D eigenvalue weighted by Crippen LogP contribution is -2.41. The van der Waals surface area contributed by atoms with Gasteiger partial charge in [-0.2, -0.15) is 5.10 Å². The van der Waals surface area contributed by atoms with Crippen LogP contribution < -0.4 is 11.1 Å². The van der Waals surface area contributed by atoms with Gasteiger partial charge in [-0.3, -0.25) is 4.79 Å². The number of unbranched alkanes of at least 4 members (excludes halogenated alkanes) is 1. The Balaban J connectivity index is 0.00000364. The van der Waals surface area contributed by atoms with Crippen molar-refractivity contribution in [2.75, 3.05) is 6.54 Å². The predicted molar refractivity (Wildman–Crippen MR) is 110 cm³/mol. The van der Waals surface area contributed by atoms with Crippen LogP contribution in [0.2, 0.25) is 0 Å². The zero-order valence-electron chi connectivity index (χ0n) is 16.9. The number of nitrogens with zero attached hydrogens (tertiary/aromatic N) is 4. The monoisotopic (exact) mass is 394 g/mol. The maximum Gasteiger partial charge on any atom is 0.251 e. The molecule has 1 atom stereocenters. The molecule has 2 heterocycles. The summed E-state index contributed by atoms with van der Waals surface area (Å²) in [4.78, 5) is 21.4. The Morgan fingerprint density at radius 3 is 2.41 bits per heavy atom. The minimum Gasteiger partial charge on any atom is -0.352 e. The Morgan fingerprint density at radius 1 is 1.22 bits per heavy atom. The van der Waals surface area contributed by atoms with Crippen LogP contribution in [-0.4, -0.2) is 38.2 Å². The molecule has 0 aliphatic rings. The number of amides is 1. The first-order valence-electron chi connectivity index (χ1n) is 9.22. The number of hydrogen-bond acceptors (Lipinski definition) is 5. The van der Waals surface area contributed by atoms with Crippen molar-refractivity contribution in [3.8, 4) is 5.95 Å². The van der Waals surface area contributed by atoms with E-state index in [0.717, 1.165) is 47.6 Å². The standard InChI is InChI=1S/C19H30N6O.ClH/c1-6-7-8-16(11-20)23-18(26)10-17-14(4)24-25(15(17)5)19-21-12(2)9-13(3)22-19;/h9,16H,6-8,10-11,20H2,1-5H3,(H,23,26);1H. The Kier molecular flexibility index (Phi) is 8.85. The quantitative estimate of drug-likeness (QED) is 0.716. The van der Waals surface area contributed by atoms with Crippen LogP contribution in [0, 0.1) is 27.7 Å². The largest absolute Gasteiger partial charge is 0.352 e. The summed E-state index contributed by atoms with van der Waals surface area (Å²) in [5.41, 5.74) is 10.2. The summed E-state index contributed by atoms with van der Waals surface area (Å²) < 4.78 is 1.72. The number of carbonyl (C=O) groups is 1. The van der Waals surface area contributed by atoms with Gasteiger partial charge in [0, 0.05) is 35.2 Å². The molecule has 0 saturated carbocycles. The highest BCUT2D eigenvalue weighted by Crippen LogP contribution is 2.17. The highest BCUT2D eigenvalue weighted by Gasteiger charge is 2.19. The molecular weight excluding hydrogens is 364 g/mol. The number of nitrogens with one attached hydrogen (secondary N) is 1. The van der Waals surface area contributed by atoms with Crippen molar-refractivity contribution in [1.29, 1.82) is 0 Å². The molecule has 27 heavy (non-hydrogen) atoms. The molecule has 0 fully saturated rings. The van der Waals surface area contributed by atoms with Crippen LogP contribution in [0.15, 0.2) is 6.07 Å². The van der Waals surface area contributed by atoms with Gasteiger partial charge < -0.3 is 11.1 Å². The third kappa shape index (κ3) is 6.01. The molecule has 1 amide bonds. The minimum absolute atomic E-state index is 0. The van der Waals surface area contributed by atoms with Crippen molar-refractivity contribution in [3.63, 3.8) is 0 Å². The summed E-state index contributed by atoms with van der Waals surface area (Å²) in [6.07, 6.45) is 3.34. The van der Waals surface area contributed by atoms with Crippen molar-refractivity contribution in [3.05, 3.63) is 34.4 Å². The molecular formula is C19H31ClN6O. The van der Waals surface area contributed by atoms with Crippen molar-refractivity contribution >= 4 is 18.3 Å². The van der Waals surface area contributed by atoms with Gasteiger partial charge in [0.05, 0.1) is 12.1 Å². The third-order valence-corrected chi connectivity index (χ3v) is 4.49. The lowest BCUT2D eigenvalue weighted by Gasteiger charge is -2.16. The van der Waals surface area contributed by atoms with E-state index in [1.54, 1.807) is 4.68 Å². The van der Waals surface area contributed by atoms with Crippen LogP contribution in [0.5, 0.6) is 0 Å². The first kappa shape index (κ1) is 23.0. The smallest absolute Gasteiger partial charge is 0.251 e. The summed E-state index contributed by atoms with van der Waals surface area (Å²) in [7, 11) is 0. The fourth-order valence-corrected chi connectivity index (χ4v) is 3.07. The molecule has 1 unspecified atom stereocenters. The molecule has 2 rings (SSSR count). The van der Waals surface area contributed by atoms with Gasteiger partial charge in [0.15, 0.2) is 0 Å². The highest BCUT2D eigenvalue weighted by atomic mass is 35.5. The van der Waals surface area contributed by atoms with E-state index in [1.165, 1.54) is 0 Å². The highest BCUT2D eigenvalue weighted by molar-refractivity contribution is 5.85. The summed E-state index contributed by atoms with van der Waals surface area (Å²) in [5, 5.41) is 7.59. The molecule has 150 valence electrons. The fourth-order valence-electron chi connectivity index (χ4n) is 3.07. The summed E-state index contributed by atoms with van der Waals surface area (Å²) in [6.45, 7) is 10.3. The third-order valence-electron chi connectivity index (χ3n) is 4.49. The Hall–Kier alpha value is -1.99. The van der Waals surface area contributed by atoms with Gasteiger partial charge in [0.2, 0.25) is 5.91 Å². The summed E-state index contributed by atoms with van der Waals surface area (Å²) in [5.74, 6) is 0.515. The molecule has 3 N–H and O–H groups in total. The molecule has 0 spiro atoms. The second-order valence-electron chi connectivity index (χ2n) is 6.83. The first-order valence-corrected chi connectivity index (χ1v) is 9.22. The SMILES string of the molecule is CCCCC(CN)NC(=O)Cc1c(C)nn(-c2nc(C)cc(C)n2)c1C.Cl. The minimum atomic E-state index is -0.0244. The number of aromatic nitrogens is 4. The van der Waals surface area contributed by atoms with E-state index in [4.69, 9.17) is 5.73 Å². The van der Waals surface area contributed by atoms with Gasteiger partial charge >= 0.3 is 0 Å². The zero-order valence-corrected chi connectivity index (χ0v) is 17.7. The lowest BCUT2D eigenvalue weighted by molar-refractivity contribution is -0.121. The lowest BCUT2D eigenvalue weighted by atomic mass is 10.1. The molecule has 0 saturated heterocycles. The van der Waals surface area contributed by atoms with Gasteiger partial charge in [0.1, 0.15) is 0 Å². The molecule has 0 aromatic carbocycles. The summed E-state index contributed by atoms with van der Waals surface area (Å²) in [6, 6.07) is 1.95. The van der Waals surface area contributed by atoms with Gasteiger partial charge in [-0.15, -0.1) is 12.4 Å². The second kappa shape index (κ2) is 10.4. The average Bonchev–Trinajstić information content (AvgIpc) is 2.86. The van der Waals surface area contributed by atoms with E-state index in [1.807, 2.05) is 33.8 Å². The molecule has 0 aliphatic heterocycles. The Labute approximate surface area is 167 Å². The normalized spacial score (nSPS) is 11.8. The molecule has 8 heteroatoms. The van der Waals surface area contributed by atoms with Gasteiger partial charge in [-0.25, -0.2) is 14.6 Å². The number of nitrogens with two attached hydrogens (primary N) is 1. The average molecular weight is 395 g/mol. The fraction of sp³-hybridized carbons (Fsp3) is 0.579. The van der Waals surface area contributed by atoms with Gasteiger partial charge in [0.25, 0.3) is 5.95 Å². The number of hydrogen-bond donors (Lipinski definition) is 2. The maximum atomic E-state index is 12.5.